The van der Waals surface area contributed by atoms with E-state index >= 15 is 0 Å². The van der Waals surface area contributed by atoms with Crippen molar-refractivity contribution in [2.45, 2.75) is 13.2 Å². The Hall–Kier alpha value is -3.39. The summed E-state index contributed by atoms with van der Waals surface area (Å²) in [5, 5.41) is 16.1. The molecule has 0 spiro atoms. The minimum Gasteiger partial charge on any atom is -0.318 e. The third-order valence-corrected chi connectivity index (χ3v) is 4.12. The minimum atomic E-state index is -0.291. The summed E-state index contributed by atoms with van der Waals surface area (Å²) in [4.78, 5) is 12.4. The summed E-state index contributed by atoms with van der Waals surface area (Å²) in [6, 6.07) is 11.0. The van der Waals surface area contributed by atoms with Gasteiger partial charge in [-0.2, -0.15) is 15.3 Å². The Kier molecular flexibility index (Phi) is 4.71. The maximum atomic E-state index is 12.4. The van der Waals surface area contributed by atoms with Crippen LogP contribution < -0.4 is 5.32 Å². The van der Waals surface area contributed by atoms with Crippen LogP contribution >= 0.6 is 11.6 Å². The summed E-state index contributed by atoms with van der Waals surface area (Å²) in [6.07, 6.45) is 8.64. The molecule has 9 heteroatoms. The fourth-order valence-corrected chi connectivity index (χ4v) is 2.71. The van der Waals surface area contributed by atoms with Crippen molar-refractivity contribution in [3.63, 3.8) is 0 Å². The largest absolute Gasteiger partial charge is 0.318 e. The van der Waals surface area contributed by atoms with E-state index in [1.54, 1.807) is 44.9 Å². The number of amides is 1. The highest BCUT2D eigenvalue weighted by Gasteiger charge is 2.11. The smallest absolute Gasteiger partial charge is 0.276 e. The molecule has 0 bridgehead atoms. The SMILES string of the molecule is O=C(Nc1cnn(Cc2ccc(Cl)cc2)c1)c1ccn(Cn2cccn2)n1. The lowest BCUT2D eigenvalue weighted by atomic mass is 10.2. The Morgan fingerprint density at radius 1 is 1.04 bits per heavy atom. The Labute approximate surface area is 160 Å². The van der Waals surface area contributed by atoms with Crippen molar-refractivity contribution in [1.29, 1.82) is 0 Å². The van der Waals surface area contributed by atoms with Crippen molar-refractivity contribution < 1.29 is 4.79 Å². The molecule has 8 nitrogen and oxygen atoms in total. The zero-order valence-electron chi connectivity index (χ0n) is 14.2. The zero-order valence-corrected chi connectivity index (χ0v) is 15.0. The van der Waals surface area contributed by atoms with Gasteiger partial charge in [0.25, 0.3) is 5.91 Å². The van der Waals surface area contributed by atoms with Crippen molar-refractivity contribution in [1.82, 2.24) is 29.3 Å². The van der Waals surface area contributed by atoms with E-state index in [4.69, 9.17) is 11.6 Å². The first-order chi connectivity index (χ1) is 13.2. The molecule has 0 saturated heterocycles. The molecule has 0 aliphatic carbocycles. The number of hydrogen-bond acceptors (Lipinski definition) is 4. The van der Waals surface area contributed by atoms with E-state index in [0.717, 1.165) is 5.56 Å². The highest BCUT2D eigenvalue weighted by Crippen LogP contribution is 2.12. The van der Waals surface area contributed by atoms with Gasteiger partial charge >= 0.3 is 0 Å². The van der Waals surface area contributed by atoms with Crippen LogP contribution in [0.15, 0.2) is 67.4 Å². The first-order valence-electron chi connectivity index (χ1n) is 8.25. The molecule has 0 saturated carbocycles. The number of nitrogens with zero attached hydrogens (tertiary/aromatic N) is 6. The second kappa shape index (κ2) is 7.46. The summed E-state index contributed by atoms with van der Waals surface area (Å²) in [5.41, 5.74) is 2.00. The van der Waals surface area contributed by atoms with E-state index in [2.05, 4.69) is 20.6 Å². The number of nitrogens with one attached hydrogen (secondary N) is 1. The minimum absolute atomic E-state index is 0.291. The average Bonchev–Trinajstić information content (AvgIpc) is 3.40. The van der Waals surface area contributed by atoms with E-state index in [1.807, 2.05) is 36.5 Å². The van der Waals surface area contributed by atoms with Crippen LogP contribution in [-0.4, -0.2) is 35.2 Å². The van der Waals surface area contributed by atoms with Crippen LogP contribution in [0.4, 0.5) is 5.69 Å². The van der Waals surface area contributed by atoms with E-state index in [1.165, 1.54) is 0 Å². The number of hydrogen-bond donors (Lipinski definition) is 1. The molecule has 0 aliphatic heterocycles. The Morgan fingerprint density at radius 2 is 1.89 bits per heavy atom. The van der Waals surface area contributed by atoms with Gasteiger partial charge < -0.3 is 5.32 Å². The number of carbonyl (C=O) groups is 1. The summed E-state index contributed by atoms with van der Waals surface area (Å²) < 4.78 is 5.11. The van der Waals surface area contributed by atoms with E-state index < -0.39 is 0 Å². The molecule has 1 aromatic carbocycles. The highest BCUT2D eigenvalue weighted by atomic mass is 35.5. The monoisotopic (exact) mass is 381 g/mol. The maximum absolute atomic E-state index is 12.4. The van der Waals surface area contributed by atoms with Crippen LogP contribution in [0.1, 0.15) is 16.1 Å². The Bertz CT molecular complexity index is 1030. The molecular formula is C18H16ClN7O. The van der Waals surface area contributed by atoms with E-state index in [9.17, 15) is 4.79 Å². The summed E-state index contributed by atoms with van der Waals surface area (Å²) >= 11 is 5.89. The first-order valence-corrected chi connectivity index (χ1v) is 8.63. The van der Waals surface area contributed by atoms with Crippen LogP contribution in [0.5, 0.6) is 0 Å². The van der Waals surface area contributed by atoms with Crippen LogP contribution in [-0.2, 0) is 13.2 Å². The van der Waals surface area contributed by atoms with Crippen LogP contribution in [0.25, 0.3) is 0 Å². The molecule has 0 atom stereocenters. The van der Waals surface area contributed by atoms with E-state index in [0.29, 0.717) is 29.6 Å². The predicted molar refractivity (Wildman–Crippen MR) is 101 cm³/mol. The van der Waals surface area contributed by atoms with Crippen molar-refractivity contribution in [2.24, 2.45) is 0 Å². The molecule has 0 aliphatic rings. The van der Waals surface area contributed by atoms with Gasteiger partial charge in [-0.15, -0.1) is 0 Å². The number of halogens is 1. The second-order valence-corrected chi connectivity index (χ2v) is 6.37. The van der Waals surface area contributed by atoms with Gasteiger partial charge in [-0.05, 0) is 29.8 Å². The first kappa shape index (κ1) is 17.0. The fraction of sp³-hybridized carbons (Fsp3) is 0.111. The molecule has 1 amide bonds. The molecule has 136 valence electrons. The molecule has 1 N–H and O–H groups in total. The Morgan fingerprint density at radius 3 is 2.67 bits per heavy atom. The summed E-state index contributed by atoms with van der Waals surface area (Å²) in [5.74, 6) is -0.291. The van der Waals surface area contributed by atoms with Crippen LogP contribution in [0.3, 0.4) is 0 Å². The topological polar surface area (TPSA) is 82.6 Å². The molecule has 0 radical (unpaired) electrons. The highest BCUT2D eigenvalue weighted by molar-refractivity contribution is 6.30. The normalized spacial score (nSPS) is 10.9. The van der Waals surface area contributed by atoms with Gasteiger partial charge in [0.1, 0.15) is 6.67 Å². The maximum Gasteiger partial charge on any atom is 0.276 e. The molecule has 27 heavy (non-hydrogen) atoms. The standard InChI is InChI=1S/C18H16ClN7O/c19-15-4-2-14(3-5-15)11-26-12-16(10-21-26)22-18(27)17-6-9-25(23-17)13-24-8-1-7-20-24/h1-10,12H,11,13H2,(H,22,27). The van der Waals surface area contributed by atoms with Gasteiger partial charge in [0.05, 0.1) is 18.4 Å². The van der Waals surface area contributed by atoms with Gasteiger partial charge in [-0.1, -0.05) is 23.7 Å². The lowest BCUT2D eigenvalue weighted by Gasteiger charge is -2.02. The fourth-order valence-electron chi connectivity index (χ4n) is 2.58. The van der Waals surface area contributed by atoms with Gasteiger partial charge in [0, 0.05) is 29.8 Å². The third kappa shape index (κ3) is 4.24. The van der Waals surface area contributed by atoms with Gasteiger partial charge in [-0.25, -0.2) is 0 Å². The zero-order chi connectivity index (χ0) is 18.6. The average molecular weight is 382 g/mol. The lowest BCUT2D eigenvalue weighted by Crippen LogP contribution is -2.14. The van der Waals surface area contributed by atoms with Crippen molar-refractivity contribution in [3.05, 3.63) is 83.7 Å². The molecule has 4 aromatic rings. The summed E-state index contributed by atoms with van der Waals surface area (Å²) in [6.45, 7) is 1.03. The van der Waals surface area contributed by atoms with E-state index in [-0.39, 0.29) is 5.91 Å². The quantitative estimate of drug-likeness (QED) is 0.556. The number of rotatable bonds is 6. The molecule has 3 aromatic heterocycles. The number of anilines is 1. The van der Waals surface area contributed by atoms with Gasteiger partial charge in [0.2, 0.25) is 0 Å². The Balaban J connectivity index is 1.38. The lowest BCUT2D eigenvalue weighted by molar-refractivity contribution is 0.102. The van der Waals surface area contributed by atoms with Crippen LogP contribution in [0.2, 0.25) is 5.02 Å². The molecular weight excluding hydrogens is 366 g/mol. The van der Waals surface area contributed by atoms with Crippen molar-refractivity contribution in [3.8, 4) is 0 Å². The third-order valence-electron chi connectivity index (χ3n) is 3.87. The second-order valence-electron chi connectivity index (χ2n) is 5.93. The van der Waals surface area contributed by atoms with Gasteiger partial charge in [-0.3, -0.25) is 18.8 Å². The molecule has 3 heterocycles. The number of carbonyl (C=O) groups excluding carboxylic acids is 1. The van der Waals surface area contributed by atoms with Crippen molar-refractivity contribution >= 4 is 23.2 Å². The predicted octanol–water partition coefficient (Wildman–Crippen LogP) is 2.74. The van der Waals surface area contributed by atoms with Crippen LogP contribution in [0, 0.1) is 0 Å². The molecule has 4 rings (SSSR count). The van der Waals surface area contributed by atoms with Crippen molar-refractivity contribution in [2.75, 3.05) is 5.32 Å². The molecule has 0 fully saturated rings. The van der Waals surface area contributed by atoms with Gasteiger partial charge in [0.15, 0.2) is 5.69 Å². The summed E-state index contributed by atoms with van der Waals surface area (Å²) in [7, 11) is 0. The number of aromatic nitrogens is 6. The molecule has 0 unspecified atom stereocenters. The number of benzene rings is 1.